The largest absolute Gasteiger partial charge is 0.508 e. The Kier molecular flexibility index (Phi) is 4.77. The maximum atomic E-state index is 9.91. The van der Waals surface area contributed by atoms with Crippen LogP contribution in [0.2, 0.25) is 0 Å². The minimum Gasteiger partial charge on any atom is -0.508 e. The molecule has 0 unspecified atom stereocenters. The van der Waals surface area contributed by atoms with Crippen LogP contribution in [0.3, 0.4) is 0 Å². The molecule has 1 atom stereocenters. The molecule has 3 aromatic rings. The minimum atomic E-state index is -0.146. The predicted octanol–water partition coefficient (Wildman–Crippen LogP) is 3.75. The maximum absolute atomic E-state index is 9.91. The fourth-order valence-electron chi connectivity index (χ4n) is 3.63. The number of hydrogen-bond acceptors (Lipinski definition) is 5. The number of benzene rings is 2. The van der Waals surface area contributed by atoms with Crippen LogP contribution in [0.25, 0.3) is 0 Å². The Morgan fingerprint density at radius 1 is 1.21 bits per heavy atom. The number of phenols is 1. The van der Waals surface area contributed by atoms with Crippen molar-refractivity contribution in [3.05, 3.63) is 65.5 Å². The summed E-state index contributed by atoms with van der Waals surface area (Å²) in [7, 11) is 1.65. The zero-order chi connectivity index (χ0) is 19.7. The predicted molar refractivity (Wildman–Crippen MR) is 106 cm³/mol. The van der Waals surface area contributed by atoms with Crippen LogP contribution in [-0.2, 0) is 6.54 Å². The average Bonchev–Trinajstić information content (AvgIpc) is 2.72. The van der Waals surface area contributed by atoms with Gasteiger partial charge in [-0.05, 0) is 30.2 Å². The number of unbranched alkanes of at least 4 members (excludes halogenated alkanes) is 1. The number of nitrogens with two attached hydrogens (primary N) is 1. The maximum Gasteiger partial charge on any atom is 0.306 e. The Morgan fingerprint density at radius 3 is 2.71 bits per heavy atom. The normalized spacial score (nSPS) is 14.7. The molecule has 0 saturated heterocycles. The van der Waals surface area contributed by atoms with Gasteiger partial charge in [-0.1, -0.05) is 36.5 Å². The summed E-state index contributed by atoms with van der Waals surface area (Å²) < 4.78 is 13.3. The third kappa shape index (κ3) is 3.11. The van der Waals surface area contributed by atoms with E-state index in [0.717, 1.165) is 41.8 Å². The lowest BCUT2D eigenvalue weighted by Gasteiger charge is -2.27. The molecule has 0 spiro atoms. The molecule has 6 heteroatoms. The molecule has 6 nitrogen and oxygen atoms in total. The number of ether oxygens (including phenoxy) is 2. The number of anilines is 1. The number of aryl methyl sites for hydroxylation is 1. The van der Waals surface area contributed by atoms with Gasteiger partial charge in [0, 0.05) is 11.6 Å². The second kappa shape index (κ2) is 7.38. The zero-order valence-electron chi connectivity index (χ0n) is 16.1. The molecule has 3 N–H and O–H groups in total. The summed E-state index contributed by atoms with van der Waals surface area (Å²) in [5.41, 5.74) is 9.43. The van der Waals surface area contributed by atoms with Crippen LogP contribution in [0.5, 0.6) is 23.1 Å². The Balaban J connectivity index is 1.90. The zero-order valence-corrected chi connectivity index (χ0v) is 16.1. The van der Waals surface area contributed by atoms with E-state index >= 15 is 0 Å². The van der Waals surface area contributed by atoms with Crippen molar-refractivity contribution < 1.29 is 19.1 Å². The van der Waals surface area contributed by atoms with Gasteiger partial charge in [0.1, 0.15) is 22.8 Å². The highest BCUT2D eigenvalue weighted by molar-refractivity contribution is 5.62. The number of nitrogens with zero attached hydrogens (tertiary/aromatic N) is 2. The number of aromatic hydroxyl groups is 1. The molecule has 0 saturated carbocycles. The summed E-state index contributed by atoms with van der Waals surface area (Å²) in [6.45, 7) is 2.95. The third-order valence-electron chi connectivity index (χ3n) is 5.14. The van der Waals surface area contributed by atoms with E-state index in [4.69, 9.17) is 15.2 Å². The topological polar surface area (TPSA) is 81.5 Å². The van der Waals surface area contributed by atoms with Gasteiger partial charge in [0.15, 0.2) is 0 Å². The molecule has 0 aliphatic carbocycles. The van der Waals surface area contributed by atoms with Crippen LogP contribution in [0.4, 0.5) is 5.82 Å². The van der Waals surface area contributed by atoms with E-state index in [-0.39, 0.29) is 11.7 Å². The van der Waals surface area contributed by atoms with E-state index in [9.17, 15) is 5.11 Å². The average molecular weight is 378 g/mol. The van der Waals surface area contributed by atoms with E-state index in [1.54, 1.807) is 25.6 Å². The van der Waals surface area contributed by atoms with Gasteiger partial charge in [-0.3, -0.25) is 0 Å². The number of fused-ring (bicyclic) bond motifs is 2. The quantitative estimate of drug-likeness (QED) is 0.517. The molecule has 1 aromatic heterocycles. The van der Waals surface area contributed by atoms with E-state index < -0.39 is 0 Å². The lowest BCUT2D eigenvalue weighted by Crippen LogP contribution is -2.39. The molecular formula is C22H24N3O3+. The first-order valence-electron chi connectivity index (χ1n) is 9.45. The van der Waals surface area contributed by atoms with Gasteiger partial charge in [0.05, 0.1) is 19.6 Å². The number of nitrogen functional groups attached to an aromatic ring is 1. The number of phenolic OH excluding ortho intramolecular Hbond substituents is 1. The third-order valence-corrected chi connectivity index (χ3v) is 5.14. The van der Waals surface area contributed by atoms with E-state index in [2.05, 4.69) is 11.9 Å². The highest BCUT2D eigenvalue weighted by Gasteiger charge is 2.36. The summed E-state index contributed by atoms with van der Waals surface area (Å²) in [6.07, 6.45) is 3.82. The Labute approximate surface area is 164 Å². The van der Waals surface area contributed by atoms with Crippen molar-refractivity contribution in [2.24, 2.45) is 0 Å². The van der Waals surface area contributed by atoms with E-state index in [1.165, 1.54) is 0 Å². The lowest BCUT2D eigenvalue weighted by atomic mass is 9.83. The first-order valence-corrected chi connectivity index (χ1v) is 9.45. The molecule has 1 aliphatic heterocycles. The van der Waals surface area contributed by atoms with Gasteiger partial charge >= 0.3 is 5.88 Å². The summed E-state index contributed by atoms with van der Waals surface area (Å²) in [5, 5.41) is 9.91. The van der Waals surface area contributed by atoms with Gasteiger partial charge in [0.2, 0.25) is 12.1 Å². The standard InChI is InChI=1S/C22H23N3O3/c1-3-4-11-25-13-24-22-20(21(25)23)19(14-5-8-16(27-2)9-6-14)17-10-7-15(26)12-18(17)28-22/h5-10,12-13,19,23,26H,3-4,11H2,1-2H3/p+1/t19-/m1/s1. The van der Waals surface area contributed by atoms with Crippen LogP contribution in [0.15, 0.2) is 48.8 Å². The van der Waals surface area contributed by atoms with Gasteiger partial charge in [-0.15, -0.1) is 0 Å². The van der Waals surface area contributed by atoms with Crippen LogP contribution < -0.4 is 19.8 Å². The van der Waals surface area contributed by atoms with Crippen LogP contribution in [0.1, 0.15) is 42.4 Å². The number of aromatic nitrogens is 2. The number of hydrogen-bond donors (Lipinski definition) is 2. The Hall–Kier alpha value is -3.28. The molecule has 0 amide bonds. The minimum absolute atomic E-state index is 0.146. The summed E-state index contributed by atoms with van der Waals surface area (Å²) >= 11 is 0. The van der Waals surface area contributed by atoms with Crippen molar-refractivity contribution in [2.75, 3.05) is 12.8 Å². The fraction of sp³-hybridized carbons (Fsp3) is 0.273. The fourth-order valence-corrected chi connectivity index (χ4v) is 3.63. The molecule has 0 radical (unpaired) electrons. The molecule has 28 heavy (non-hydrogen) atoms. The van der Waals surface area contributed by atoms with Crippen molar-refractivity contribution in [3.63, 3.8) is 0 Å². The van der Waals surface area contributed by atoms with Crippen LogP contribution in [-0.4, -0.2) is 17.2 Å². The number of rotatable bonds is 5. The van der Waals surface area contributed by atoms with E-state index in [1.807, 2.05) is 34.9 Å². The summed E-state index contributed by atoms with van der Waals surface area (Å²) in [5.74, 6) is 2.51. The highest BCUT2D eigenvalue weighted by Crippen LogP contribution is 2.48. The first kappa shape index (κ1) is 18.1. The van der Waals surface area contributed by atoms with Gasteiger partial charge < -0.3 is 20.3 Å². The van der Waals surface area contributed by atoms with Gasteiger partial charge in [-0.2, -0.15) is 0 Å². The van der Waals surface area contributed by atoms with Crippen molar-refractivity contribution >= 4 is 5.82 Å². The molecule has 144 valence electrons. The van der Waals surface area contributed by atoms with Crippen molar-refractivity contribution in [1.29, 1.82) is 0 Å². The van der Waals surface area contributed by atoms with Crippen LogP contribution in [0, 0.1) is 0 Å². The van der Waals surface area contributed by atoms with E-state index in [0.29, 0.717) is 17.4 Å². The summed E-state index contributed by atoms with van der Waals surface area (Å²) in [4.78, 5) is 4.53. The molecule has 0 bridgehead atoms. The van der Waals surface area contributed by atoms with Crippen molar-refractivity contribution in [1.82, 2.24) is 4.98 Å². The SMILES string of the molecule is CCCC[n+]1cnc2c(c1N)[C@H](c1ccc(OC)cc1)c1ccc(O)cc1O2. The molecule has 2 heterocycles. The second-order valence-electron chi connectivity index (χ2n) is 6.93. The first-order chi connectivity index (χ1) is 13.6. The lowest BCUT2D eigenvalue weighted by molar-refractivity contribution is -0.686. The second-order valence-corrected chi connectivity index (χ2v) is 6.93. The molecular weight excluding hydrogens is 354 g/mol. The molecule has 4 rings (SSSR count). The van der Waals surface area contributed by atoms with Gasteiger partial charge in [-0.25, -0.2) is 4.57 Å². The monoisotopic (exact) mass is 378 g/mol. The summed E-state index contributed by atoms with van der Waals surface area (Å²) in [6, 6.07) is 13.1. The smallest absolute Gasteiger partial charge is 0.306 e. The van der Waals surface area contributed by atoms with Crippen LogP contribution >= 0.6 is 0 Å². The number of methoxy groups -OCH3 is 1. The highest BCUT2D eigenvalue weighted by atomic mass is 16.5. The molecule has 2 aromatic carbocycles. The Bertz CT molecular complexity index is 1000. The molecule has 1 aliphatic rings. The molecule has 0 fully saturated rings. The van der Waals surface area contributed by atoms with Crippen molar-refractivity contribution in [3.8, 4) is 23.1 Å². The Morgan fingerprint density at radius 2 is 2.00 bits per heavy atom. The van der Waals surface area contributed by atoms with Crippen molar-refractivity contribution in [2.45, 2.75) is 32.2 Å². The van der Waals surface area contributed by atoms with Gasteiger partial charge in [0.25, 0.3) is 0 Å².